The van der Waals surface area contributed by atoms with E-state index in [4.69, 9.17) is 0 Å². The van der Waals surface area contributed by atoms with Gasteiger partial charge in [-0.3, -0.25) is 0 Å². The van der Waals surface area contributed by atoms with Crippen molar-refractivity contribution in [2.75, 3.05) is 29.9 Å². The van der Waals surface area contributed by atoms with E-state index in [9.17, 15) is 9.18 Å². The molecule has 0 bridgehead atoms. The molecule has 1 aliphatic heterocycles. The molecule has 6 heteroatoms. The Morgan fingerprint density at radius 2 is 2.04 bits per heavy atom. The van der Waals surface area contributed by atoms with Crippen molar-refractivity contribution in [1.29, 1.82) is 0 Å². The van der Waals surface area contributed by atoms with E-state index in [1.807, 2.05) is 24.0 Å². The molecule has 2 heterocycles. The number of halogens is 1. The van der Waals surface area contributed by atoms with Crippen LogP contribution in [0.4, 0.5) is 20.7 Å². The zero-order valence-corrected chi connectivity index (χ0v) is 16.2. The molecule has 1 N–H and O–H groups in total. The number of piperazine rings is 1. The fourth-order valence-electron chi connectivity index (χ4n) is 3.39. The van der Waals surface area contributed by atoms with E-state index in [0.29, 0.717) is 31.4 Å². The maximum Gasteiger partial charge on any atom is 0.322 e. The van der Waals surface area contributed by atoms with E-state index in [1.165, 1.54) is 11.6 Å². The van der Waals surface area contributed by atoms with Crippen LogP contribution in [0, 0.1) is 5.82 Å². The van der Waals surface area contributed by atoms with Gasteiger partial charge >= 0.3 is 6.03 Å². The number of urea groups is 1. The molecule has 1 aliphatic rings. The fraction of sp³-hybridized carbons (Fsp3) is 0.429. The number of aromatic nitrogens is 1. The van der Waals surface area contributed by atoms with Crippen LogP contribution in [0.1, 0.15) is 38.7 Å². The fourth-order valence-corrected chi connectivity index (χ4v) is 3.39. The lowest BCUT2D eigenvalue weighted by Gasteiger charge is -2.40. The molecule has 1 aromatic carbocycles. The topological polar surface area (TPSA) is 48.5 Å². The van der Waals surface area contributed by atoms with Crippen LogP contribution >= 0.6 is 0 Å². The molecular formula is C21H27FN4O. The monoisotopic (exact) mass is 370 g/mol. The molecule has 0 spiro atoms. The third kappa shape index (κ3) is 4.38. The van der Waals surface area contributed by atoms with Crippen LogP contribution in [0.2, 0.25) is 0 Å². The van der Waals surface area contributed by atoms with Gasteiger partial charge in [0.15, 0.2) is 11.6 Å². The number of nitrogens with zero attached hydrogens (tertiary/aromatic N) is 3. The summed E-state index contributed by atoms with van der Waals surface area (Å²) < 4.78 is 14.0. The second-order valence-electron chi connectivity index (χ2n) is 7.16. The molecule has 1 aromatic heterocycles. The van der Waals surface area contributed by atoms with Gasteiger partial charge in [0.2, 0.25) is 0 Å². The summed E-state index contributed by atoms with van der Waals surface area (Å²) in [6.45, 7) is 7.96. The van der Waals surface area contributed by atoms with Gasteiger partial charge in [0.05, 0.1) is 0 Å². The van der Waals surface area contributed by atoms with Crippen molar-refractivity contribution in [2.45, 2.75) is 39.2 Å². The highest BCUT2D eigenvalue weighted by Crippen LogP contribution is 2.22. The van der Waals surface area contributed by atoms with E-state index in [0.717, 1.165) is 12.1 Å². The highest BCUT2D eigenvalue weighted by Gasteiger charge is 2.29. The molecule has 1 saturated heterocycles. The second-order valence-corrected chi connectivity index (χ2v) is 7.16. The Morgan fingerprint density at radius 1 is 1.30 bits per heavy atom. The summed E-state index contributed by atoms with van der Waals surface area (Å²) in [7, 11) is 0. The summed E-state index contributed by atoms with van der Waals surface area (Å²) in [6, 6.07) is 10.9. The average molecular weight is 370 g/mol. The van der Waals surface area contributed by atoms with Gasteiger partial charge in [-0.2, -0.15) is 0 Å². The van der Waals surface area contributed by atoms with E-state index >= 15 is 0 Å². The summed E-state index contributed by atoms with van der Waals surface area (Å²) in [5, 5.41) is 2.97. The smallest absolute Gasteiger partial charge is 0.322 e. The minimum Gasteiger partial charge on any atom is -0.350 e. The summed E-state index contributed by atoms with van der Waals surface area (Å²) in [4.78, 5) is 20.5. The van der Waals surface area contributed by atoms with Crippen molar-refractivity contribution in [3.63, 3.8) is 0 Å². The van der Waals surface area contributed by atoms with Gasteiger partial charge in [-0.15, -0.1) is 0 Å². The van der Waals surface area contributed by atoms with E-state index in [-0.39, 0.29) is 17.9 Å². The molecule has 2 amide bonds. The Bertz CT molecular complexity index is 780. The number of nitrogens with one attached hydrogen (secondary N) is 1. The summed E-state index contributed by atoms with van der Waals surface area (Å²) >= 11 is 0. The van der Waals surface area contributed by atoms with Gasteiger partial charge in [-0.25, -0.2) is 14.2 Å². The number of amides is 2. The van der Waals surface area contributed by atoms with E-state index in [1.54, 1.807) is 17.2 Å². The van der Waals surface area contributed by atoms with Crippen LogP contribution in [-0.4, -0.2) is 41.6 Å². The van der Waals surface area contributed by atoms with Crippen molar-refractivity contribution in [1.82, 2.24) is 9.88 Å². The lowest BCUT2D eigenvalue weighted by Crippen LogP contribution is -2.55. The van der Waals surface area contributed by atoms with Gasteiger partial charge in [-0.1, -0.05) is 26.0 Å². The first-order valence-electron chi connectivity index (χ1n) is 9.52. The highest BCUT2D eigenvalue weighted by atomic mass is 19.1. The number of benzene rings is 1. The highest BCUT2D eigenvalue weighted by molar-refractivity contribution is 5.89. The van der Waals surface area contributed by atoms with Crippen LogP contribution in [0.25, 0.3) is 0 Å². The zero-order valence-electron chi connectivity index (χ0n) is 16.2. The zero-order chi connectivity index (χ0) is 19.4. The van der Waals surface area contributed by atoms with Crippen molar-refractivity contribution in [3.8, 4) is 0 Å². The van der Waals surface area contributed by atoms with Crippen LogP contribution in [0.5, 0.6) is 0 Å². The van der Waals surface area contributed by atoms with Crippen LogP contribution in [0.15, 0.2) is 42.6 Å². The Kier molecular flexibility index (Phi) is 5.94. The number of hydrogen-bond acceptors (Lipinski definition) is 3. The molecule has 0 unspecified atom stereocenters. The number of carbonyl (C=O) groups is 1. The van der Waals surface area contributed by atoms with Gasteiger partial charge in [0.1, 0.15) is 0 Å². The lowest BCUT2D eigenvalue weighted by atomic mass is 9.99. The van der Waals surface area contributed by atoms with Gasteiger partial charge in [0, 0.05) is 37.6 Å². The molecule has 1 fully saturated rings. The summed E-state index contributed by atoms with van der Waals surface area (Å²) in [5.74, 6) is 0.531. The second kappa shape index (κ2) is 8.37. The number of hydrogen-bond donors (Lipinski definition) is 1. The number of anilines is 2. The predicted molar refractivity (Wildman–Crippen MR) is 107 cm³/mol. The maximum atomic E-state index is 14.0. The average Bonchev–Trinajstić information content (AvgIpc) is 2.68. The SMILES string of the molecule is CC[C@H](C)c1ccc(NC(=O)N2CCN(c3ncccc3F)C[C@H]2C)cc1. The van der Waals surface area contributed by atoms with Gasteiger partial charge < -0.3 is 15.1 Å². The minimum atomic E-state index is -0.330. The van der Waals surface area contributed by atoms with E-state index < -0.39 is 0 Å². The van der Waals surface area contributed by atoms with Crippen molar-refractivity contribution in [3.05, 3.63) is 54.0 Å². The molecular weight excluding hydrogens is 343 g/mol. The quantitative estimate of drug-likeness (QED) is 0.863. The Hall–Kier alpha value is -2.63. The molecule has 0 aliphatic carbocycles. The molecule has 5 nitrogen and oxygen atoms in total. The molecule has 144 valence electrons. The summed E-state index contributed by atoms with van der Waals surface area (Å²) in [6.07, 6.45) is 2.68. The molecule has 2 aromatic rings. The van der Waals surface area contributed by atoms with Crippen LogP contribution in [0.3, 0.4) is 0 Å². The third-order valence-electron chi connectivity index (χ3n) is 5.27. The van der Waals surface area contributed by atoms with Gasteiger partial charge in [-0.05, 0) is 49.1 Å². The molecule has 0 saturated carbocycles. The van der Waals surface area contributed by atoms with Crippen molar-refractivity contribution >= 4 is 17.5 Å². The van der Waals surface area contributed by atoms with Crippen LogP contribution < -0.4 is 10.2 Å². The first-order chi connectivity index (χ1) is 13.0. The maximum absolute atomic E-state index is 14.0. The number of pyridine rings is 1. The standard InChI is InChI=1S/C21H27FN4O/c1-4-15(2)17-7-9-18(10-8-17)24-21(27)26-13-12-25(14-16(26)3)20-19(22)6-5-11-23-20/h5-11,15-16H,4,12-14H2,1-3H3,(H,24,27)/t15-,16+/m0/s1. The molecule has 2 atom stereocenters. The van der Waals surface area contributed by atoms with Crippen molar-refractivity contribution < 1.29 is 9.18 Å². The number of rotatable bonds is 4. The third-order valence-corrected chi connectivity index (χ3v) is 5.27. The number of carbonyl (C=O) groups excluding carboxylic acids is 1. The predicted octanol–water partition coefficient (Wildman–Crippen LogP) is 4.48. The molecule has 0 radical (unpaired) electrons. The minimum absolute atomic E-state index is 0.0421. The Morgan fingerprint density at radius 3 is 2.67 bits per heavy atom. The van der Waals surface area contributed by atoms with Crippen molar-refractivity contribution in [2.24, 2.45) is 0 Å². The Balaban J connectivity index is 1.61. The van der Waals surface area contributed by atoms with E-state index in [2.05, 4.69) is 36.3 Å². The Labute approximate surface area is 160 Å². The largest absolute Gasteiger partial charge is 0.350 e. The first kappa shape index (κ1) is 19.1. The molecule has 27 heavy (non-hydrogen) atoms. The van der Waals surface area contributed by atoms with Gasteiger partial charge in [0.25, 0.3) is 0 Å². The van der Waals surface area contributed by atoms with Crippen LogP contribution in [-0.2, 0) is 0 Å². The molecule has 3 rings (SSSR count). The first-order valence-corrected chi connectivity index (χ1v) is 9.52. The summed E-state index contributed by atoms with van der Waals surface area (Å²) in [5.41, 5.74) is 2.06. The lowest BCUT2D eigenvalue weighted by molar-refractivity contribution is 0.184. The normalized spacial score (nSPS) is 18.3.